The zero-order valence-electron chi connectivity index (χ0n) is 15.2. The van der Waals surface area contributed by atoms with Crippen LogP contribution < -0.4 is 4.57 Å². The van der Waals surface area contributed by atoms with Crippen LogP contribution in [0.5, 0.6) is 0 Å². The SMILES string of the molecule is Cc1ccc2c(oc3cc(C#N)ccc32)c1-c1cc2ccccc2c[n+]1C. The molecule has 0 fully saturated rings. The normalized spacial score (nSPS) is 11.3. The zero-order chi connectivity index (χ0) is 18.5. The second kappa shape index (κ2) is 5.69. The van der Waals surface area contributed by atoms with Crippen molar-refractivity contribution in [3.63, 3.8) is 0 Å². The van der Waals surface area contributed by atoms with Crippen LogP contribution >= 0.6 is 0 Å². The summed E-state index contributed by atoms with van der Waals surface area (Å²) in [5.74, 6) is 0. The molecule has 3 heteroatoms. The maximum atomic E-state index is 9.19. The lowest BCUT2D eigenvalue weighted by atomic mass is 9.99. The molecular weight excluding hydrogens is 332 g/mol. The first-order valence-corrected chi connectivity index (χ1v) is 8.90. The fourth-order valence-corrected chi connectivity index (χ4v) is 3.86. The molecule has 0 amide bonds. The largest absolute Gasteiger partial charge is 0.455 e. The van der Waals surface area contributed by atoms with Crippen molar-refractivity contribution in [3.8, 4) is 17.3 Å². The highest BCUT2D eigenvalue weighted by Crippen LogP contribution is 2.37. The summed E-state index contributed by atoms with van der Waals surface area (Å²) in [6.07, 6.45) is 2.15. The summed E-state index contributed by atoms with van der Waals surface area (Å²) in [7, 11) is 2.07. The van der Waals surface area contributed by atoms with Gasteiger partial charge in [-0.25, -0.2) is 4.57 Å². The van der Waals surface area contributed by atoms with Gasteiger partial charge >= 0.3 is 0 Å². The van der Waals surface area contributed by atoms with Gasteiger partial charge in [0.1, 0.15) is 18.2 Å². The lowest BCUT2D eigenvalue weighted by Crippen LogP contribution is -2.30. The molecule has 3 aromatic carbocycles. The topological polar surface area (TPSA) is 40.8 Å². The first kappa shape index (κ1) is 15.6. The Morgan fingerprint density at radius 3 is 2.52 bits per heavy atom. The molecule has 0 radical (unpaired) electrons. The Bertz CT molecular complexity index is 1400. The highest BCUT2D eigenvalue weighted by atomic mass is 16.3. The van der Waals surface area contributed by atoms with E-state index in [0.717, 1.165) is 38.8 Å². The monoisotopic (exact) mass is 349 g/mol. The molecule has 0 spiro atoms. The average Bonchev–Trinajstić information content (AvgIpc) is 3.05. The molecule has 0 aliphatic heterocycles. The second-order valence-electron chi connectivity index (χ2n) is 6.96. The Kier molecular flexibility index (Phi) is 3.29. The molecule has 27 heavy (non-hydrogen) atoms. The van der Waals surface area contributed by atoms with Gasteiger partial charge in [-0.2, -0.15) is 5.26 Å². The van der Waals surface area contributed by atoms with Gasteiger partial charge in [0.15, 0.2) is 6.20 Å². The van der Waals surface area contributed by atoms with Gasteiger partial charge in [0.2, 0.25) is 5.69 Å². The summed E-state index contributed by atoms with van der Waals surface area (Å²) in [5, 5.41) is 13.7. The quantitative estimate of drug-likeness (QED) is 0.380. The van der Waals surface area contributed by atoms with Crippen LogP contribution in [-0.2, 0) is 7.05 Å². The number of fused-ring (bicyclic) bond motifs is 4. The van der Waals surface area contributed by atoms with Crippen LogP contribution in [0.15, 0.2) is 71.3 Å². The number of aromatic nitrogens is 1. The molecule has 5 rings (SSSR count). The lowest BCUT2D eigenvalue weighted by Gasteiger charge is -2.07. The van der Waals surface area contributed by atoms with E-state index in [0.29, 0.717) is 5.56 Å². The summed E-state index contributed by atoms with van der Waals surface area (Å²) >= 11 is 0. The number of nitrogens with zero attached hydrogens (tertiary/aromatic N) is 2. The third kappa shape index (κ3) is 2.31. The number of benzene rings is 3. The molecule has 0 saturated carbocycles. The molecule has 0 bridgehead atoms. The van der Waals surface area contributed by atoms with Crippen molar-refractivity contribution in [2.75, 3.05) is 0 Å². The van der Waals surface area contributed by atoms with Crippen molar-refractivity contribution in [2.24, 2.45) is 7.05 Å². The highest BCUT2D eigenvalue weighted by Gasteiger charge is 2.21. The van der Waals surface area contributed by atoms with Gasteiger partial charge in [-0.15, -0.1) is 0 Å². The van der Waals surface area contributed by atoms with Gasteiger partial charge in [-0.05, 0) is 42.1 Å². The zero-order valence-corrected chi connectivity index (χ0v) is 15.2. The fourth-order valence-electron chi connectivity index (χ4n) is 3.86. The van der Waals surface area contributed by atoms with E-state index in [-0.39, 0.29) is 0 Å². The molecule has 0 aliphatic carbocycles. The van der Waals surface area contributed by atoms with Gasteiger partial charge in [0.05, 0.1) is 17.2 Å². The highest BCUT2D eigenvalue weighted by molar-refractivity contribution is 6.10. The maximum absolute atomic E-state index is 9.19. The van der Waals surface area contributed by atoms with Crippen molar-refractivity contribution < 1.29 is 8.98 Å². The summed E-state index contributed by atoms with van der Waals surface area (Å²) in [5.41, 5.74) is 5.58. The molecule has 3 nitrogen and oxygen atoms in total. The van der Waals surface area contributed by atoms with Crippen molar-refractivity contribution in [3.05, 3.63) is 78.0 Å². The van der Waals surface area contributed by atoms with Crippen molar-refractivity contribution in [2.45, 2.75) is 6.92 Å². The molecule has 0 unspecified atom stereocenters. The summed E-state index contributed by atoms with van der Waals surface area (Å²) in [4.78, 5) is 0. The number of rotatable bonds is 1. The molecule has 0 saturated heterocycles. The number of nitriles is 1. The predicted octanol–water partition coefficient (Wildman–Crippen LogP) is 5.41. The third-order valence-corrected chi connectivity index (χ3v) is 5.24. The lowest BCUT2D eigenvalue weighted by molar-refractivity contribution is -0.659. The minimum Gasteiger partial charge on any atom is -0.455 e. The predicted molar refractivity (Wildman–Crippen MR) is 107 cm³/mol. The minimum absolute atomic E-state index is 0.607. The van der Waals surface area contributed by atoms with Crippen molar-refractivity contribution in [1.29, 1.82) is 5.26 Å². The Morgan fingerprint density at radius 2 is 1.70 bits per heavy atom. The van der Waals surface area contributed by atoms with E-state index >= 15 is 0 Å². The van der Waals surface area contributed by atoms with E-state index in [9.17, 15) is 5.26 Å². The van der Waals surface area contributed by atoms with Gasteiger partial charge in [0.25, 0.3) is 0 Å². The van der Waals surface area contributed by atoms with Gasteiger partial charge in [0, 0.05) is 22.2 Å². The maximum Gasteiger partial charge on any atom is 0.216 e. The Hall–Kier alpha value is -3.64. The Labute approximate surface area is 156 Å². The van der Waals surface area contributed by atoms with Crippen molar-refractivity contribution >= 4 is 32.7 Å². The first-order valence-electron chi connectivity index (χ1n) is 8.90. The van der Waals surface area contributed by atoms with Crippen LogP contribution in [0.3, 0.4) is 0 Å². The number of hydrogen-bond acceptors (Lipinski definition) is 2. The molecule has 0 N–H and O–H groups in total. The summed E-state index contributed by atoms with van der Waals surface area (Å²) in [6.45, 7) is 2.11. The van der Waals surface area contributed by atoms with E-state index in [1.165, 1.54) is 10.8 Å². The van der Waals surface area contributed by atoms with E-state index in [1.54, 1.807) is 0 Å². The number of pyridine rings is 1. The van der Waals surface area contributed by atoms with Crippen molar-refractivity contribution in [1.82, 2.24) is 0 Å². The van der Waals surface area contributed by atoms with E-state index in [1.807, 2.05) is 18.2 Å². The molecule has 0 atom stereocenters. The molecule has 0 aliphatic rings. The molecule has 5 aromatic rings. The van der Waals surface area contributed by atoms with Gasteiger partial charge in [-0.1, -0.05) is 30.3 Å². The summed E-state index contributed by atoms with van der Waals surface area (Å²) in [6, 6.07) is 22.6. The number of furan rings is 1. The average molecular weight is 349 g/mol. The van der Waals surface area contributed by atoms with E-state index in [4.69, 9.17) is 4.42 Å². The third-order valence-electron chi connectivity index (χ3n) is 5.24. The van der Waals surface area contributed by atoms with Gasteiger partial charge in [-0.3, -0.25) is 0 Å². The molecule has 2 heterocycles. The van der Waals surface area contributed by atoms with Crippen LogP contribution in [0.25, 0.3) is 44.0 Å². The second-order valence-corrected chi connectivity index (χ2v) is 6.96. The smallest absolute Gasteiger partial charge is 0.216 e. The van der Waals surface area contributed by atoms with E-state index in [2.05, 4.69) is 73.3 Å². The van der Waals surface area contributed by atoms with Crippen LogP contribution in [-0.4, -0.2) is 0 Å². The minimum atomic E-state index is 0.607. The first-order chi connectivity index (χ1) is 13.2. The van der Waals surface area contributed by atoms with Crippen LogP contribution in [0, 0.1) is 18.3 Å². The number of hydrogen-bond donors (Lipinski definition) is 0. The summed E-state index contributed by atoms with van der Waals surface area (Å²) < 4.78 is 8.41. The fraction of sp³-hybridized carbons (Fsp3) is 0.0833. The molecular formula is C24H17N2O+. The Balaban J connectivity index is 1.89. The van der Waals surface area contributed by atoms with Gasteiger partial charge < -0.3 is 4.42 Å². The van der Waals surface area contributed by atoms with Crippen LogP contribution in [0.4, 0.5) is 0 Å². The van der Waals surface area contributed by atoms with Crippen LogP contribution in [0.1, 0.15) is 11.1 Å². The standard InChI is InChI=1S/C24H17N2O/c1-15-7-9-20-19-10-8-16(13-25)11-22(19)27-24(20)23(15)21-12-17-5-3-4-6-18(17)14-26(21)2/h3-12,14H,1-2H3/q+1. The van der Waals surface area contributed by atoms with Crippen LogP contribution in [0.2, 0.25) is 0 Å². The molecule has 128 valence electrons. The number of aryl methyl sites for hydroxylation is 2. The molecule has 2 aromatic heterocycles. The Morgan fingerprint density at radius 1 is 0.926 bits per heavy atom. The van der Waals surface area contributed by atoms with E-state index < -0.39 is 0 Å².